The number of carbonyl (C=O) groups is 1. The average molecular weight is 227 g/mol. The van der Waals surface area contributed by atoms with Crippen LogP contribution in [-0.4, -0.2) is 17.9 Å². The maximum absolute atomic E-state index is 10.5. The Hall–Kier alpha value is -0.900. The molecule has 0 bridgehead atoms. The van der Waals surface area contributed by atoms with Gasteiger partial charge in [-0.2, -0.15) is 0 Å². The molecule has 0 spiro atoms. The third kappa shape index (κ3) is 1.12. The van der Waals surface area contributed by atoms with E-state index in [0.717, 1.165) is 35.2 Å². The van der Waals surface area contributed by atoms with Crippen LogP contribution in [0.1, 0.15) is 5.56 Å². The minimum Gasteiger partial charge on any atom is -0.299 e. The smallest absolute Gasteiger partial charge is 0.215 e. The molecular weight excluding hydrogens is 220 g/mol. The van der Waals surface area contributed by atoms with Crippen molar-refractivity contribution in [2.75, 3.05) is 11.4 Å². The lowest BCUT2D eigenvalue weighted by atomic mass is 10.2. The molecule has 1 aliphatic rings. The molecule has 0 N–H and O–H groups in total. The van der Waals surface area contributed by atoms with Gasteiger partial charge in [0.15, 0.2) is 0 Å². The van der Waals surface area contributed by atoms with Gasteiger partial charge in [0.1, 0.15) is 5.82 Å². The summed E-state index contributed by atoms with van der Waals surface area (Å²) in [5.41, 5.74) is 1.14. The highest BCUT2D eigenvalue weighted by atomic mass is 79.9. The van der Waals surface area contributed by atoms with Gasteiger partial charge in [0.05, 0.1) is 0 Å². The Morgan fingerprint density at radius 1 is 1.67 bits per heavy atom. The number of amides is 1. The minimum atomic E-state index is 0.752. The summed E-state index contributed by atoms with van der Waals surface area (Å²) in [5.74, 6) is 0.799. The van der Waals surface area contributed by atoms with E-state index in [-0.39, 0.29) is 0 Å². The van der Waals surface area contributed by atoms with Gasteiger partial charge < -0.3 is 0 Å². The summed E-state index contributed by atoms with van der Waals surface area (Å²) >= 11 is 3.34. The third-order valence-electron chi connectivity index (χ3n) is 1.93. The minimum absolute atomic E-state index is 0.752. The fraction of sp³-hybridized carbons (Fsp3) is 0.250. The van der Waals surface area contributed by atoms with Crippen molar-refractivity contribution in [3.05, 3.63) is 22.3 Å². The Balaban J connectivity index is 2.47. The molecule has 12 heavy (non-hydrogen) atoms. The number of pyridine rings is 1. The Morgan fingerprint density at radius 2 is 2.50 bits per heavy atom. The number of fused-ring (bicyclic) bond motifs is 1. The molecule has 2 rings (SSSR count). The number of carbonyl (C=O) groups excluding carboxylic acids is 1. The summed E-state index contributed by atoms with van der Waals surface area (Å²) in [6.45, 7) is 0.752. The quantitative estimate of drug-likeness (QED) is 0.678. The number of halogens is 1. The number of aromatic nitrogens is 1. The van der Waals surface area contributed by atoms with Crippen LogP contribution in [0.4, 0.5) is 5.82 Å². The molecule has 4 heteroatoms. The van der Waals surface area contributed by atoms with Gasteiger partial charge in [0, 0.05) is 17.2 Å². The molecule has 1 aromatic rings. The highest BCUT2D eigenvalue weighted by Crippen LogP contribution is 2.26. The summed E-state index contributed by atoms with van der Waals surface area (Å²) in [6.07, 6.45) is 3.44. The Kier molecular flexibility index (Phi) is 1.84. The first-order valence-corrected chi connectivity index (χ1v) is 4.47. The predicted octanol–water partition coefficient (Wildman–Crippen LogP) is 1.36. The summed E-state index contributed by atoms with van der Waals surface area (Å²) < 4.78 is 0.967. The van der Waals surface area contributed by atoms with Crippen LogP contribution in [0.25, 0.3) is 0 Å². The van der Waals surface area contributed by atoms with Crippen molar-refractivity contribution in [1.29, 1.82) is 0 Å². The molecule has 0 aromatic carbocycles. The van der Waals surface area contributed by atoms with Gasteiger partial charge in [-0.1, -0.05) is 0 Å². The molecule has 1 amide bonds. The van der Waals surface area contributed by atoms with E-state index in [1.165, 1.54) is 0 Å². The molecule has 2 heterocycles. The summed E-state index contributed by atoms with van der Waals surface area (Å²) in [5, 5.41) is 0. The lowest BCUT2D eigenvalue weighted by molar-refractivity contribution is -0.107. The molecule has 0 aliphatic carbocycles. The average Bonchev–Trinajstić information content (AvgIpc) is 2.46. The van der Waals surface area contributed by atoms with Gasteiger partial charge in [0.25, 0.3) is 0 Å². The number of nitrogens with zero attached hydrogens (tertiary/aromatic N) is 2. The topological polar surface area (TPSA) is 33.2 Å². The van der Waals surface area contributed by atoms with E-state index in [4.69, 9.17) is 0 Å². The monoisotopic (exact) mass is 226 g/mol. The summed E-state index contributed by atoms with van der Waals surface area (Å²) in [6, 6.07) is 2.01. The van der Waals surface area contributed by atoms with E-state index in [1.54, 1.807) is 11.1 Å². The molecule has 1 aliphatic heterocycles. The first-order chi connectivity index (χ1) is 5.81. The maximum atomic E-state index is 10.5. The van der Waals surface area contributed by atoms with Crippen LogP contribution in [0.2, 0.25) is 0 Å². The van der Waals surface area contributed by atoms with Gasteiger partial charge in [-0.15, -0.1) is 0 Å². The zero-order valence-corrected chi connectivity index (χ0v) is 7.91. The largest absolute Gasteiger partial charge is 0.299 e. The fourth-order valence-corrected chi connectivity index (χ4v) is 1.74. The molecule has 0 atom stereocenters. The SMILES string of the molecule is O=CN1CCc2cc(Br)cnc21. The number of anilines is 1. The van der Waals surface area contributed by atoms with Crippen molar-refractivity contribution < 1.29 is 4.79 Å². The number of hydrogen-bond acceptors (Lipinski definition) is 2. The first-order valence-electron chi connectivity index (χ1n) is 3.67. The van der Waals surface area contributed by atoms with Crippen molar-refractivity contribution in [3.63, 3.8) is 0 Å². The van der Waals surface area contributed by atoms with E-state index in [1.807, 2.05) is 6.07 Å². The van der Waals surface area contributed by atoms with E-state index >= 15 is 0 Å². The Labute approximate surface area is 78.5 Å². The Morgan fingerprint density at radius 3 is 3.25 bits per heavy atom. The second kappa shape index (κ2) is 2.86. The van der Waals surface area contributed by atoms with Crippen LogP contribution in [0.3, 0.4) is 0 Å². The van der Waals surface area contributed by atoms with Crippen LogP contribution in [0.5, 0.6) is 0 Å². The third-order valence-corrected chi connectivity index (χ3v) is 2.36. The zero-order chi connectivity index (χ0) is 8.55. The Bertz CT molecular complexity index is 327. The van der Waals surface area contributed by atoms with E-state index < -0.39 is 0 Å². The summed E-state index contributed by atoms with van der Waals surface area (Å²) in [7, 11) is 0. The predicted molar refractivity (Wildman–Crippen MR) is 49.1 cm³/mol. The van der Waals surface area contributed by atoms with Crippen molar-refractivity contribution in [2.24, 2.45) is 0 Å². The standard InChI is InChI=1S/C8H7BrN2O/c9-7-3-6-1-2-11(5-12)8(6)10-4-7/h3-5H,1-2H2. The molecule has 1 aromatic heterocycles. The van der Waals surface area contributed by atoms with Crippen LogP contribution in [0, 0.1) is 0 Å². The molecule has 0 saturated heterocycles. The molecule has 3 nitrogen and oxygen atoms in total. The lowest BCUT2D eigenvalue weighted by Gasteiger charge is -2.07. The zero-order valence-electron chi connectivity index (χ0n) is 6.33. The van der Waals surface area contributed by atoms with Crippen LogP contribution in [0.15, 0.2) is 16.7 Å². The van der Waals surface area contributed by atoms with E-state index in [0.29, 0.717) is 0 Å². The lowest BCUT2D eigenvalue weighted by Crippen LogP contribution is -2.18. The van der Waals surface area contributed by atoms with Crippen molar-refractivity contribution in [1.82, 2.24) is 4.98 Å². The van der Waals surface area contributed by atoms with Gasteiger partial charge in [-0.3, -0.25) is 9.69 Å². The maximum Gasteiger partial charge on any atom is 0.215 e. The molecule has 62 valence electrons. The van der Waals surface area contributed by atoms with Crippen molar-refractivity contribution in [2.45, 2.75) is 6.42 Å². The molecular formula is C8H7BrN2O. The van der Waals surface area contributed by atoms with E-state index in [2.05, 4.69) is 20.9 Å². The van der Waals surface area contributed by atoms with Crippen LogP contribution in [-0.2, 0) is 11.2 Å². The fourth-order valence-electron chi connectivity index (χ4n) is 1.37. The first kappa shape index (κ1) is 7.73. The summed E-state index contributed by atoms with van der Waals surface area (Å²) in [4.78, 5) is 16.3. The van der Waals surface area contributed by atoms with Crippen LogP contribution >= 0.6 is 15.9 Å². The van der Waals surface area contributed by atoms with Gasteiger partial charge in [-0.05, 0) is 34.0 Å². The molecule has 0 unspecified atom stereocenters. The van der Waals surface area contributed by atoms with E-state index in [9.17, 15) is 4.79 Å². The molecule has 0 saturated carbocycles. The highest BCUT2D eigenvalue weighted by Gasteiger charge is 2.19. The number of rotatable bonds is 1. The number of hydrogen-bond donors (Lipinski definition) is 0. The van der Waals surface area contributed by atoms with Crippen LogP contribution < -0.4 is 4.90 Å². The second-order valence-electron chi connectivity index (χ2n) is 2.69. The van der Waals surface area contributed by atoms with Gasteiger partial charge >= 0.3 is 0 Å². The van der Waals surface area contributed by atoms with Crippen molar-refractivity contribution >= 4 is 28.2 Å². The molecule has 0 fully saturated rings. The second-order valence-corrected chi connectivity index (χ2v) is 3.60. The normalized spacial score (nSPS) is 14.6. The van der Waals surface area contributed by atoms with Gasteiger partial charge in [0.2, 0.25) is 6.41 Å². The molecule has 0 radical (unpaired) electrons. The van der Waals surface area contributed by atoms with Gasteiger partial charge in [-0.25, -0.2) is 4.98 Å². The highest BCUT2D eigenvalue weighted by molar-refractivity contribution is 9.10. The van der Waals surface area contributed by atoms with Crippen molar-refractivity contribution in [3.8, 4) is 0 Å².